The van der Waals surface area contributed by atoms with E-state index < -0.39 is 10.8 Å². The zero-order chi connectivity index (χ0) is 12.4. The average Bonchev–Trinajstić information content (AvgIpc) is 2.61. The van der Waals surface area contributed by atoms with Crippen molar-refractivity contribution in [2.75, 3.05) is 0 Å². The van der Waals surface area contributed by atoms with E-state index in [1.807, 2.05) is 49.7 Å². The summed E-state index contributed by atoms with van der Waals surface area (Å²) in [6, 6.07) is 7.72. The fourth-order valence-corrected chi connectivity index (χ4v) is 2.88. The Hall–Kier alpha value is -1.49. The van der Waals surface area contributed by atoms with Crippen LogP contribution in [0.5, 0.6) is 0 Å². The molecule has 1 atom stereocenters. The zero-order valence-electron chi connectivity index (χ0n) is 10.2. The van der Waals surface area contributed by atoms with Crippen LogP contribution in [0.25, 0.3) is 0 Å². The highest BCUT2D eigenvalue weighted by Gasteiger charge is 2.12. The van der Waals surface area contributed by atoms with E-state index in [1.54, 1.807) is 0 Å². The molecule has 0 amide bonds. The minimum atomic E-state index is -1.07. The Labute approximate surface area is 103 Å². The summed E-state index contributed by atoms with van der Waals surface area (Å²) in [7, 11) is 0.822. The van der Waals surface area contributed by atoms with Gasteiger partial charge in [0.2, 0.25) is 0 Å². The van der Waals surface area contributed by atoms with Gasteiger partial charge >= 0.3 is 0 Å². The molecule has 0 spiro atoms. The van der Waals surface area contributed by atoms with Gasteiger partial charge in [0.15, 0.2) is 0 Å². The van der Waals surface area contributed by atoms with E-state index in [0.29, 0.717) is 5.75 Å². The summed E-state index contributed by atoms with van der Waals surface area (Å²) in [6.07, 6.45) is 0. The summed E-state index contributed by atoms with van der Waals surface area (Å²) in [6.45, 7) is 3.85. The van der Waals surface area contributed by atoms with Crippen LogP contribution < -0.4 is 0 Å². The lowest BCUT2D eigenvalue weighted by molar-refractivity contribution is 0.678. The number of hydrogen-bond donors (Lipinski definition) is 0. The fraction of sp³-hybridized carbons (Fsp3) is 0.333. The molecular formula is C12H15N3OS. The molecule has 0 saturated heterocycles. The van der Waals surface area contributed by atoms with Crippen molar-refractivity contribution in [1.82, 2.24) is 14.8 Å². The van der Waals surface area contributed by atoms with Crippen LogP contribution in [-0.2, 0) is 23.6 Å². The van der Waals surface area contributed by atoms with Gasteiger partial charge in [-0.15, -0.1) is 10.2 Å². The van der Waals surface area contributed by atoms with Crippen molar-refractivity contribution in [1.29, 1.82) is 0 Å². The maximum Gasteiger partial charge on any atom is 0.145 e. The molecule has 0 aliphatic heterocycles. The second-order valence-electron chi connectivity index (χ2n) is 3.98. The van der Waals surface area contributed by atoms with Crippen LogP contribution in [0, 0.1) is 13.8 Å². The fourth-order valence-electron chi connectivity index (χ4n) is 1.58. The molecule has 2 aromatic rings. The first-order valence-corrected chi connectivity index (χ1v) is 6.70. The van der Waals surface area contributed by atoms with Crippen LogP contribution in [-0.4, -0.2) is 19.0 Å². The maximum atomic E-state index is 12.2. The van der Waals surface area contributed by atoms with E-state index in [1.165, 1.54) is 0 Å². The molecule has 0 bridgehead atoms. The van der Waals surface area contributed by atoms with Crippen molar-refractivity contribution in [2.24, 2.45) is 7.05 Å². The minimum Gasteiger partial charge on any atom is -0.318 e. The SMILES string of the molecule is Cc1ccccc1[S@](=O)Cc1nnc(C)n1C. The summed E-state index contributed by atoms with van der Waals surface area (Å²) in [5.41, 5.74) is 1.05. The summed E-state index contributed by atoms with van der Waals surface area (Å²) in [5.74, 6) is 1.99. The molecule has 0 fully saturated rings. The van der Waals surface area contributed by atoms with Crippen molar-refractivity contribution in [3.05, 3.63) is 41.5 Å². The minimum absolute atomic E-state index is 0.405. The average molecular weight is 249 g/mol. The molecule has 0 N–H and O–H groups in total. The first-order valence-electron chi connectivity index (χ1n) is 5.38. The summed E-state index contributed by atoms with van der Waals surface area (Å²) in [4.78, 5) is 0.869. The Morgan fingerprint density at radius 1 is 1.24 bits per heavy atom. The van der Waals surface area contributed by atoms with Crippen molar-refractivity contribution in [2.45, 2.75) is 24.5 Å². The standard InChI is InChI=1S/C12H15N3OS/c1-9-6-4-5-7-11(9)17(16)8-12-14-13-10(2)15(12)3/h4-7H,8H2,1-3H3/t17-/m1/s1. The van der Waals surface area contributed by atoms with Gasteiger partial charge < -0.3 is 4.57 Å². The van der Waals surface area contributed by atoms with Crippen molar-refractivity contribution >= 4 is 10.8 Å². The third-order valence-electron chi connectivity index (χ3n) is 2.78. The molecular weight excluding hydrogens is 234 g/mol. The summed E-state index contributed by atoms with van der Waals surface area (Å²) in [5, 5.41) is 7.99. The highest BCUT2D eigenvalue weighted by Crippen LogP contribution is 2.15. The lowest BCUT2D eigenvalue weighted by atomic mass is 10.2. The first-order chi connectivity index (χ1) is 8.09. The second-order valence-corrected chi connectivity index (χ2v) is 5.40. The molecule has 1 aromatic carbocycles. The van der Waals surface area contributed by atoms with E-state index in [9.17, 15) is 4.21 Å². The van der Waals surface area contributed by atoms with Gasteiger partial charge in [0.25, 0.3) is 0 Å². The Morgan fingerprint density at radius 2 is 1.94 bits per heavy atom. The van der Waals surface area contributed by atoms with Gasteiger partial charge in [0.1, 0.15) is 11.6 Å². The number of benzene rings is 1. The van der Waals surface area contributed by atoms with Gasteiger partial charge in [-0.05, 0) is 25.5 Å². The molecule has 0 saturated carbocycles. The second kappa shape index (κ2) is 4.79. The van der Waals surface area contributed by atoms with Crippen LogP contribution in [0.2, 0.25) is 0 Å². The number of hydrogen-bond acceptors (Lipinski definition) is 3. The maximum absolute atomic E-state index is 12.2. The highest BCUT2D eigenvalue weighted by atomic mass is 32.2. The van der Waals surface area contributed by atoms with Crippen molar-refractivity contribution < 1.29 is 4.21 Å². The predicted octanol–water partition coefficient (Wildman–Crippen LogP) is 1.74. The monoisotopic (exact) mass is 249 g/mol. The largest absolute Gasteiger partial charge is 0.318 e. The predicted molar refractivity (Wildman–Crippen MR) is 67.0 cm³/mol. The molecule has 0 radical (unpaired) electrons. The van der Waals surface area contributed by atoms with Gasteiger partial charge in [-0.1, -0.05) is 18.2 Å². The topological polar surface area (TPSA) is 47.8 Å². The molecule has 1 aromatic heterocycles. The molecule has 17 heavy (non-hydrogen) atoms. The van der Waals surface area contributed by atoms with E-state index in [2.05, 4.69) is 10.2 Å². The lowest BCUT2D eigenvalue weighted by Crippen LogP contribution is -2.05. The van der Waals surface area contributed by atoms with Crippen LogP contribution in [0.4, 0.5) is 0 Å². The lowest BCUT2D eigenvalue weighted by Gasteiger charge is -2.05. The van der Waals surface area contributed by atoms with Gasteiger partial charge in [0.05, 0.1) is 16.6 Å². The van der Waals surface area contributed by atoms with Gasteiger partial charge in [-0.3, -0.25) is 4.21 Å². The first kappa shape index (κ1) is 12.0. The number of rotatable bonds is 3. The smallest absolute Gasteiger partial charge is 0.145 e. The quantitative estimate of drug-likeness (QED) is 0.832. The molecule has 4 nitrogen and oxygen atoms in total. The van der Waals surface area contributed by atoms with Gasteiger partial charge in [0, 0.05) is 11.9 Å². The van der Waals surface area contributed by atoms with E-state index in [0.717, 1.165) is 22.1 Å². The van der Waals surface area contributed by atoms with Crippen LogP contribution in [0.15, 0.2) is 29.2 Å². The zero-order valence-corrected chi connectivity index (χ0v) is 11.0. The number of aromatic nitrogens is 3. The molecule has 5 heteroatoms. The third-order valence-corrected chi connectivity index (χ3v) is 4.25. The van der Waals surface area contributed by atoms with Crippen molar-refractivity contribution in [3.63, 3.8) is 0 Å². The molecule has 2 rings (SSSR count). The Morgan fingerprint density at radius 3 is 2.53 bits per heavy atom. The molecule has 0 unspecified atom stereocenters. The number of aryl methyl sites for hydroxylation is 2. The van der Waals surface area contributed by atoms with Gasteiger partial charge in [-0.2, -0.15) is 0 Å². The Kier molecular flexibility index (Phi) is 3.38. The summed E-state index contributed by atoms with van der Waals surface area (Å²) >= 11 is 0. The number of nitrogens with zero attached hydrogens (tertiary/aromatic N) is 3. The Balaban J connectivity index is 2.23. The molecule has 0 aliphatic carbocycles. The van der Waals surface area contributed by atoms with Crippen LogP contribution >= 0.6 is 0 Å². The van der Waals surface area contributed by atoms with Crippen molar-refractivity contribution in [3.8, 4) is 0 Å². The third kappa shape index (κ3) is 2.44. The molecule has 0 aliphatic rings. The van der Waals surface area contributed by atoms with Crippen LogP contribution in [0.3, 0.4) is 0 Å². The molecule has 90 valence electrons. The van der Waals surface area contributed by atoms with E-state index in [-0.39, 0.29) is 0 Å². The van der Waals surface area contributed by atoms with Crippen LogP contribution in [0.1, 0.15) is 17.2 Å². The van der Waals surface area contributed by atoms with Gasteiger partial charge in [-0.25, -0.2) is 0 Å². The molecule has 1 heterocycles. The van der Waals surface area contributed by atoms with E-state index in [4.69, 9.17) is 0 Å². The highest BCUT2D eigenvalue weighted by molar-refractivity contribution is 7.84. The van der Waals surface area contributed by atoms with E-state index >= 15 is 0 Å². The Bertz CT molecular complexity index is 563. The summed E-state index contributed by atoms with van der Waals surface area (Å²) < 4.78 is 14.1. The normalized spacial score (nSPS) is 12.6.